The van der Waals surface area contributed by atoms with Crippen LogP contribution in [-0.4, -0.2) is 50.2 Å². The first-order valence-electron chi connectivity index (χ1n) is 7.93. The fourth-order valence-electron chi connectivity index (χ4n) is 3.46. The van der Waals surface area contributed by atoms with Crippen LogP contribution in [0.25, 0.3) is 0 Å². The number of ether oxygens (including phenoxy) is 6. The zero-order chi connectivity index (χ0) is 16.0. The first-order chi connectivity index (χ1) is 11.1. The van der Waals surface area contributed by atoms with Crippen LogP contribution < -0.4 is 0 Å². The van der Waals surface area contributed by atoms with Crippen LogP contribution in [0.15, 0.2) is 30.3 Å². The van der Waals surface area contributed by atoms with Crippen molar-refractivity contribution >= 4 is 0 Å². The maximum atomic E-state index is 6.17. The van der Waals surface area contributed by atoms with Gasteiger partial charge in [0.2, 0.25) is 0 Å². The van der Waals surface area contributed by atoms with Gasteiger partial charge in [-0.2, -0.15) is 0 Å². The normalized spacial score (nSPS) is 42.0. The lowest BCUT2D eigenvalue weighted by Gasteiger charge is -2.45. The van der Waals surface area contributed by atoms with Gasteiger partial charge in [-0.05, 0) is 13.8 Å². The summed E-state index contributed by atoms with van der Waals surface area (Å²) < 4.78 is 35.4. The number of fused-ring (bicyclic) bond motifs is 3. The van der Waals surface area contributed by atoms with Crippen molar-refractivity contribution in [2.75, 3.05) is 13.7 Å². The molecule has 3 aliphatic rings. The first-order valence-corrected chi connectivity index (χ1v) is 7.93. The molecule has 4 rings (SSSR count). The third-order valence-corrected chi connectivity index (χ3v) is 4.43. The van der Waals surface area contributed by atoms with Crippen molar-refractivity contribution in [3.05, 3.63) is 35.9 Å². The molecular weight excluding hydrogens is 300 g/mol. The summed E-state index contributed by atoms with van der Waals surface area (Å²) in [5.74, 6) is -0.686. The van der Waals surface area contributed by atoms with E-state index in [0.29, 0.717) is 6.61 Å². The molecule has 0 bridgehead atoms. The highest BCUT2D eigenvalue weighted by Gasteiger charge is 2.57. The van der Waals surface area contributed by atoms with Crippen LogP contribution in [0.3, 0.4) is 0 Å². The number of rotatable bonds is 2. The van der Waals surface area contributed by atoms with Gasteiger partial charge in [0.05, 0.1) is 6.61 Å². The summed E-state index contributed by atoms with van der Waals surface area (Å²) in [4.78, 5) is 0. The van der Waals surface area contributed by atoms with E-state index in [4.69, 9.17) is 28.4 Å². The molecular formula is C17H22O6. The van der Waals surface area contributed by atoms with Crippen LogP contribution in [0.5, 0.6) is 0 Å². The Bertz CT molecular complexity index is 547. The molecule has 3 saturated heterocycles. The first kappa shape index (κ1) is 15.5. The summed E-state index contributed by atoms with van der Waals surface area (Å²) in [6.45, 7) is 4.21. The summed E-state index contributed by atoms with van der Waals surface area (Å²) in [5, 5.41) is 0. The van der Waals surface area contributed by atoms with E-state index in [2.05, 4.69) is 0 Å². The largest absolute Gasteiger partial charge is 0.353 e. The summed E-state index contributed by atoms with van der Waals surface area (Å²) in [7, 11) is 1.61. The SMILES string of the molecule is CO[C@H]1O[C@@H]2COC(c3ccccc3)O[C@H]2[C@H]2OC(C)(C)O[C@@H]12. The van der Waals surface area contributed by atoms with E-state index in [-0.39, 0.29) is 24.4 Å². The van der Waals surface area contributed by atoms with E-state index >= 15 is 0 Å². The molecule has 6 heteroatoms. The van der Waals surface area contributed by atoms with Gasteiger partial charge in [0.15, 0.2) is 18.4 Å². The Morgan fingerprint density at radius 1 is 1.00 bits per heavy atom. The van der Waals surface area contributed by atoms with Crippen molar-refractivity contribution < 1.29 is 28.4 Å². The number of benzene rings is 1. The van der Waals surface area contributed by atoms with Gasteiger partial charge in [0.25, 0.3) is 0 Å². The van der Waals surface area contributed by atoms with Crippen LogP contribution in [0.4, 0.5) is 0 Å². The molecule has 3 fully saturated rings. The van der Waals surface area contributed by atoms with Crippen molar-refractivity contribution in [2.24, 2.45) is 0 Å². The predicted molar refractivity (Wildman–Crippen MR) is 79.5 cm³/mol. The highest BCUT2D eigenvalue weighted by atomic mass is 16.8. The third kappa shape index (κ3) is 2.80. The Morgan fingerprint density at radius 2 is 1.74 bits per heavy atom. The van der Waals surface area contributed by atoms with E-state index in [1.807, 2.05) is 44.2 Å². The minimum absolute atomic E-state index is 0.237. The molecule has 1 unspecified atom stereocenters. The minimum Gasteiger partial charge on any atom is -0.353 e. The van der Waals surface area contributed by atoms with Crippen molar-refractivity contribution in [3.63, 3.8) is 0 Å². The van der Waals surface area contributed by atoms with Gasteiger partial charge < -0.3 is 28.4 Å². The zero-order valence-corrected chi connectivity index (χ0v) is 13.5. The molecule has 126 valence electrons. The summed E-state index contributed by atoms with van der Waals surface area (Å²) >= 11 is 0. The highest BCUT2D eigenvalue weighted by molar-refractivity contribution is 5.16. The van der Waals surface area contributed by atoms with Gasteiger partial charge in [-0.3, -0.25) is 0 Å². The van der Waals surface area contributed by atoms with Gasteiger partial charge in [0, 0.05) is 12.7 Å². The van der Waals surface area contributed by atoms with Gasteiger partial charge in [-0.25, -0.2) is 0 Å². The summed E-state index contributed by atoms with van der Waals surface area (Å²) in [6.07, 6.45) is -1.96. The van der Waals surface area contributed by atoms with E-state index in [9.17, 15) is 0 Å². The molecule has 6 atom stereocenters. The van der Waals surface area contributed by atoms with E-state index in [1.165, 1.54) is 0 Å². The standard InChI is InChI=1S/C17H22O6/c1-17(2)22-13-12-11(20-16(18-3)14(13)23-17)9-19-15(21-12)10-7-5-4-6-8-10/h4-8,11-16H,9H2,1-3H3/t11-,12-,13-,14-,15?,16+/m1/s1. The minimum atomic E-state index is -0.686. The summed E-state index contributed by atoms with van der Waals surface area (Å²) in [6, 6.07) is 9.87. The lowest BCUT2D eigenvalue weighted by Crippen LogP contribution is -2.61. The van der Waals surface area contributed by atoms with Crippen LogP contribution in [-0.2, 0) is 28.4 Å². The smallest absolute Gasteiger partial charge is 0.186 e. The predicted octanol–water partition coefficient (Wildman–Crippen LogP) is 1.99. The third-order valence-electron chi connectivity index (χ3n) is 4.43. The molecule has 0 aromatic heterocycles. The molecule has 0 amide bonds. The second kappa shape index (κ2) is 5.81. The topological polar surface area (TPSA) is 55.4 Å². The maximum Gasteiger partial charge on any atom is 0.186 e. The average molecular weight is 322 g/mol. The fraction of sp³-hybridized carbons (Fsp3) is 0.647. The number of hydrogen-bond donors (Lipinski definition) is 0. The van der Waals surface area contributed by atoms with Crippen LogP contribution in [0, 0.1) is 0 Å². The molecule has 23 heavy (non-hydrogen) atoms. The molecule has 3 heterocycles. The Kier molecular flexibility index (Phi) is 3.91. The average Bonchev–Trinajstić information content (AvgIpc) is 2.90. The fourth-order valence-corrected chi connectivity index (χ4v) is 3.46. The molecule has 0 aliphatic carbocycles. The van der Waals surface area contributed by atoms with Crippen LogP contribution in [0.1, 0.15) is 25.7 Å². The van der Waals surface area contributed by atoms with Gasteiger partial charge in [-0.15, -0.1) is 0 Å². The molecule has 6 nitrogen and oxygen atoms in total. The van der Waals surface area contributed by atoms with Gasteiger partial charge >= 0.3 is 0 Å². The lowest BCUT2D eigenvalue weighted by atomic mass is 9.98. The van der Waals surface area contributed by atoms with Crippen LogP contribution in [0.2, 0.25) is 0 Å². The Hall–Kier alpha value is -1.02. The summed E-state index contributed by atoms with van der Waals surface area (Å²) in [5.41, 5.74) is 0.981. The number of methoxy groups -OCH3 is 1. The van der Waals surface area contributed by atoms with Crippen molar-refractivity contribution in [3.8, 4) is 0 Å². The van der Waals surface area contributed by atoms with Crippen LogP contribution >= 0.6 is 0 Å². The molecule has 0 spiro atoms. The molecule has 0 N–H and O–H groups in total. The quantitative estimate of drug-likeness (QED) is 0.830. The van der Waals surface area contributed by atoms with E-state index < -0.39 is 18.4 Å². The van der Waals surface area contributed by atoms with Crippen molar-refractivity contribution in [1.82, 2.24) is 0 Å². The van der Waals surface area contributed by atoms with Crippen molar-refractivity contribution in [2.45, 2.75) is 56.6 Å². The molecule has 0 saturated carbocycles. The second-order valence-corrected chi connectivity index (χ2v) is 6.52. The van der Waals surface area contributed by atoms with Gasteiger partial charge in [-0.1, -0.05) is 30.3 Å². The molecule has 1 aromatic rings. The Labute approximate surface area is 135 Å². The Morgan fingerprint density at radius 3 is 2.48 bits per heavy atom. The molecule has 3 aliphatic heterocycles. The monoisotopic (exact) mass is 322 g/mol. The van der Waals surface area contributed by atoms with E-state index in [1.54, 1.807) is 7.11 Å². The molecule has 0 radical (unpaired) electrons. The van der Waals surface area contributed by atoms with Crippen molar-refractivity contribution in [1.29, 1.82) is 0 Å². The Balaban J connectivity index is 1.57. The second-order valence-electron chi connectivity index (χ2n) is 6.52. The lowest BCUT2D eigenvalue weighted by molar-refractivity contribution is -0.343. The zero-order valence-electron chi connectivity index (χ0n) is 13.5. The highest BCUT2D eigenvalue weighted by Crippen LogP contribution is 2.42. The van der Waals surface area contributed by atoms with Gasteiger partial charge in [0.1, 0.15) is 24.4 Å². The molecule has 1 aromatic carbocycles. The maximum absolute atomic E-state index is 6.17. The van der Waals surface area contributed by atoms with E-state index in [0.717, 1.165) is 5.56 Å². The number of hydrogen-bond acceptors (Lipinski definition) is 6.